The van der Waals surface area contributed by atoms with Crippen LogP contribution in [0.25, 0.3) is 0 Å². The number of amides is 1. The van der Waals surface area contributed by atoms with E-state index in [2.05, 4.69) is 9.88 Å². The van der Waals surface area contributed by atoms with Crippen molar-refractivity contribution in [2.45, 2.75) is 63.5 Å². The highest BCUT2D eigenvalue weighted by molar-refractivity contribution is 7.10. The predicted octanol–water partition coefficient (Wildman–Crippen LogP) is 2.69. The highest BCUT2D eigenvalue weighted by Crippen LogP contribution is 2.29. The Hall–Kier alpha value is -1.99. The molecule has 7 heteroatoms. The van der Waals surface area contributed by atoms with Gasteiger partial charge in [-0.15, -0.1) is 11.3 Å². The Morgan fingerprint density at radius 2 is 2.10 bits per heavy atom. The molecule has 154 valence electrons. The standard InChI is InChI=1S/C22H28N4O2S/c27-20(12-17-6-3-11-29-17)26-9-7-15(13-26)21-23-19-8-10-25(16-4-1-2-5-16)14-18(19)22(28)24-21/h3,6,11,15-16H,1-2,4-5,7-10,12-14H2,(H,23,24,28)/t15-/m1/s1. The van der Waals surface area contributed by atoms with E-state index < -0.39 is 0 Å². The van der Waals surface area contributed by atoms with Crippen molar-refractivity contribution in [3.8, 4) is 0 Å². The number of carbonyl (C=O) groups is 1. The quantitative estimate of drug-likeness (QED) is 0.838. The van der Waals surface area contributed by atoms with E-state index in [-0.39, 0.29) is 17.4 Å². The Morgan fingerprint density at radius 1 is 1.24 bits per heavy atom. The first kappa shape index (κ1) is 19.0. The Morgan fingerprint density at radius 3 is 2.90 bits per heavy atom. The molecule has 0 spiro atoms. The second-order valence-electron chi connectivity index (χ2n) is 8.62. The van der Waals surface area contributed by atoms with Gasteiger partial charge in [0.15, 0.2) is 0 Å². The molecule has 3 aliphatic rings. The van der Waals surface area contributed by atoms with E-state index in [1.54, 1.807) is 11.3 Å². The predicted molar refractivity (Wildman–Crippen MR) is 113 cm³/mol. The smallest absolute Gasteiger partial charge is 0.255 e. The molecule has 0 bridgehead atoms. The molecule has 5 rings (SSSR count). The fraction of sp³-hybridized carbons (Fsp3) is 0.591. The molecule has 1 amide bonds. The van der Waals surface area contributed by atoms with Gasteiger partial charge >= 0.3 is 0 Å². The summed E-state index contributed by atoms with van der Waals surface area (Å²) < 4.78 is 0. The monoisotopic (exact) mass is 412 g/mol. The minimum absolute atomic E-state index is 0.0241. The van der Waals surface area contributed by atoms with Gasteiger partial charge in [0.2, 0.25) is 5.91 Å². The van der Waals surface area contributed by atoms with E-state index >= 15 is 0 Å². The van der Waals surface area contributed by atoms with Gasteiger partial charge < -0.3 is 9.88 Å². The van der Waals surface area contributed by atoms with Gasteiger partial charge in [-0.25, -0.2) is 4.98 Å². The average Bonchev–Trinajstić information content (AvgIpc) is 3.49. The molecule has 2 aliphatic heterocycles. The van der Waals surface area contributed by atoms with Crippen molar-refractivity contribution in [1.29, 1.82) is 0 Å². The molecule has 1 N–H and O–H groups in total. The van der Waals surface area contributed by atoms with Crippen LogP contribution >= 0.6 is 11.3 Å². The number of nitrogens with zero attached hydrogens (tertiary/aromatic N) is 3. The van der Waals surface area contributed by atoms with Gasteiger partial charge in [0.05, 0.1) is 17.7 Å². The number of H-pyrrole nitrogens is 1. The molecule has 0 aromatic carbocycles. The third-order valence-electron chi connectivity index (χ3n) is 6.79. The third-order valence-corrected chi connectivity index (χ3v) is 7.67. The molecule has 2 aromatic heterocycles. The molecule has 1 atom stereocenters. The highest BCUT2D eigenvalue weighted by Gasteiger charge is 2.32. The number of nitrogens with one attached hydrogen (secondary N) is 1. The van der Waals surface area contributed by atoms with Crippen LogP contribution in [0.1, 0.15) is 60.0 Å². The normalized spacial score (nSPS) is 22.9. The molecular weight excluding hydrogens is 384 g/mol. The van der Waals surface area contributed by atoms with Crippen LogP contribution in [-0.2, 0) is 24.2 Å². The number of carbonyl (C=O) groups excluding carboxylic acids is 1. The summed E-state index contributed by atoms with van der Waals surface area (Å²) >= 11 is 1.62. The van der Waals surface area contributed by atoms with Crippen LogP contribution in [0, 0.1) is 0 Å². The lowest BCUT2D eigenvalue weighted by Crippen LogP contribution is -2.41. The molecular formula is C22H28N4O2S. The van der Waals surface area contributed by atoms with Gasteiger partial charge in [-0.3, -0.25) is 14.5 Å². The van der Waals surface area contributed by atoms with Crippen LogP contribution in [0.4, 0.5) is 0 Å². The number of thiophene rings is 1. The fourth-order valence-corrected chi connectivity index (χ4v) is 5.82. The summed E-state index contributed by atoms with van der Waals surface area (Å²) in [5.41, 5.74) is 1.85. The molecule has 29 heavy (non-hydrogen) atoms. The zero-order valence-corrected chi connectivity index (χ0v) is 17.5. The number of aromatic amines is 1. The Labute approximate surface area is 175 Å². The number of fused-ring (bicyclic) bond motifs is 1. The number of likely N-dealkylation sites (tertiary alicyclic amines) is 1. The first-order chi connectivity index (χ1) is 14.2. The number of aromatic nitrogens is 2. The van der Waals surface area contributed by atoms with E-state index in [1.807, 2.05) is 22.4 Å². The maximum Gasteiger partial charge on any atom is 0.255 e. The van der Waals surface area contributed by atoms with Crippen LogP contribution in [0.5, 0.6) is 0 Å². The molecule has 4 heterocycles. The topological polar surface area (TPSA) is 69.3 Å². The van der Waals surface area contributed by atoms with Crippen molar-refractivity contribution in [2.75, 3.05) is 19.6 Å². The Kier molecular flexibility index (Phi) is 5.26. The lowest BCUT2D eigenvalue weighted by molar-refractivity contribution is -0.129. The lowest BCUT2D eigenvalue weighted by Gasteiger charge is -2.32. The summed E-state index contributed by atoms with van der Waals surface area (Å²) in [6.07, 6.45) is 7.33. The minimum Gasteiger partial charge on any atom is -0.342 e. The van der Waals surface area contributed by atoms with Crippen molar-refractivity contribution in [3.05, 3.63) is 49.8 Å². The Bertz CT molecular complexity index is 933. The molecule has 0 unspecified atom stereocenters. The second-order valence-corrected chi connectivity index (χ2v) is 9.65. The van der Waals surface area contributed by atoms with Crippen molar-refractivity contribution >= 4 is 17.2 Å². The summed E-state index contributed by atoms with van der Waals surface area (Å²) in [5.74, 6) is 1.07. The van der Waals surface area contributed by atoms with Crippen LogP contribution in [-0.4, -0.2) is 51.4 Å². The highest BCUT2D eigenvalue weighted by atomic mass is 32.1. The number of rotatable bonds is 4. The maximum atomic E-state index is 12.8. The molecule has 2 aromatic rings. The zero-order valence-electron chi connectivity index (χ0n) is 16.7. The first-order valence-electron chi connectivity index (χ1n) is 10.8. The second kappa shape index (κ2) is 8.03. The summed E-state index contributed by atoms with van der Waals surface area (Å²) in [6, 6.07) is 4.63. The number of hydrogen-bond donors (Lipinski definition) is 1. The van der Waals surface area contributed by atoms with Crippen LogP contribution in [0.15, 0.2) is 22.3 Å². The first-order valence-corrected chi connectivity index (χ1v) is 11.7. The van der Waals surface area contributed by atoms with E-state index in [9.17, 15) is 9.59 Å². The summed E-state index contributed by atoms with van der Waals surface area (Å²) in [6.45, 7) is 3.13. The largest absolute Gasteiger partial charge is 0.342 e. The zero-order chi connectivity index (χ0) is 19.8. The Balaban J connectivity index is 1.27. The van der Waals surface area contributed by atoms with Gasteiger partial charge in [0.25, 0.3) is 5.56 Å². The van der Waals surface area contributed by atoms with Crippen LogP contribution in [0.2, 0.25) is 0 Å². The molecule has 0 radical (unpaired) electrons. The fourth-order valence-electron chi connectivity index (χ4n) is 5.12. The lowest BCUT2D eigenvalue weighted by atomic mass is 10.0. The molecule has 1 saturated heterocycles. The summed E-state index contributed by atoms with van der Waals surface area (Å²) in [4.78, 5) is 38.8. The van der Waals surface area contributed by atoms with E-state index in [0.29, 0.717) is 19.0 Å². The molecule has 2 fully saturated rings. The van der Waals surface area contributed by atoms with Gasteiger partial charge in [-0.2, -0.15) is 0 Å². The molecule has 1 saturated carbocycles. The SMILES string of the molecule is O=C(Cc1cccs1)N1CC[C@@H](c2nc3c(c(=O)[nH]2)CN(C2CCCC2)CC3)C1. The van der Waals surface area contributed by atoms with Crippen molar-refractivity contribution in [1.82, 2.24) is 19.8 Å². The maximum absolute atomic E-state index is 12.8. The summed E-state index contributed by atoms with van der Waals surface area (Å²) in [5, 5.41) is 2.00. The van der Waals surface area contributed by atoms with E-state index in [4.69, 9.17) is 4.98 Å². The van der Waals surface area contributed by atoms with Crippen molar-refractivity contribution in [3.63, 3.8) is 0 Å². The molecule has 6 nitrogen and oxygen atoms in total. The minimum atomic E-state index is 0.0241. The van der Waals surface area contributed by atoms with Crippen LogP contribution < -0.4 is 5.56 Å². The van der Waals surface area contributed by atoms with Gasteiger partial charge in [0.1, 0.15) is 5.82 Å². The number of hydrogen-bond acceptors (Lipinski definition) is 5. The van der Waals surface area contributed by atoms with Gasteiger partial charge in [-0.05, 0) is 30.7 Å². The molecule has 1 aliphatic carbocycles. The van der Waals surface area contributed by atoms with E-state index in [0.717, 1.165) is 54.4 Å². The van der Waals surface area contributed by atoms with Gasteiger partial charge in [0, 0.05) is 49.4 Å². The van der Waals surface area contributed by atoms with Crippen LogP contribution in [0.3, 0.4) is 0 Å². The van der Waals surface area contributed by atoms with E-state index in [1.165, 1.54) is 25.7 Å². The average molecular weight is 413 g/mol. The van der Waals surface area contributed by atoms with Crippen molar-refractivity contribution in [2.24, 2.45) is 0 Å². The third kappa shape index (κ3) is 3.90. The summed E-state index contributed by atoms with van der Waals surface area (Å²) in [7, 11) is 0. The van der Waals surface area contributed by atoms with Gasteiger partial charge in [-0.1, -0.05) is 18.9 Å². The van der Waals surface area contributed by atoms with Crippen molar-refractivity contribution < 1.29 is 4.79 Å².